The number of carbonyl (C=O) groups is 1. The molecule has 4 rings (SSSR count). The van der Waals surface area contributed by atoms with E-state index < -0.39 is 0 Å². The zero-order valence-corrected chi connectivity index (χ0v) is 18.2. The van der Waals surface area contributed by atoms with Crippen molar-refractivity contribution in [2.24, 2.45) is 0 Å². The Morgan fingerprint density at radius 2 is 1.94 bits per heavy atom. The van der Waals surface area contributed by atoms with E-state index in [1.165, 1.54) is 6.26 Å². The molecule has 0 saturated carbocycles. The lowest BCUT2D eigenvalue weighted by Crippen LogP contribution is -2.31. The minimum atomic E-state index is -0.123. The van der Waals surface area contributed by atoms with E-state index in [1.807, 2.05) is 20.8 Å². The summed E-state index contributed by atoms with van der Waals surface area (Å²) < 4.78 is 21.9. The molecule has 0 aliphatic carbocycles. The Morgan fingerprint density at radius 3 is 2.59 bits per heavy atom. The first-order valence-electron chi connectivity index (χ1n) is 10.3. The maximum Gasteiger partial charge on any atom is 0.283 e. The Hall–Kier alpha value is -3.88. The molecule has 4 aromatic rings. The summed E-state index contributed by atoms with van der Waals surface area (Å²) in [6.07, 6.45) is 2.33. The molecule has 0 fully saturated rings. The van der Waals surface area contributed by atoms with Gasteiger partial charge in [0.1, 0.15) is 18.1 Å². The van der Waals surface area contributed by atoms with E-state index in [-0.39, 0.29) is 18.3 Å². The molecule has 0 unspecified atom stereocenters. The van der Waals surface area contributed by atoms with Gasteiger partial charge >= 0.3 is 0 Å². The SMILES string of the molecule is CCCN(Cc1nnc(-c2ccco2)o1)C(=O)c1ccc(OCc2c(C)noc2C)cc1. The molecule has 32 heavy (non-hydrogen) atoms. The van der Waals surface area contributed by atoms with Gasteiger partial charge in [-0.15, -0.1) is 10.2 Å². The number of furan rings is 1. The fourth-order valence-corrected chi connectivity index (χ4v) is 3.24. The van der Waals surface area contributed by atoms with Crippen LogP contribution in [0.4, 0.5) is 0 Å². The number of hydrogen-bond donors (Lipinski definition) is 0. The van der Waals surface area contributed by atoms with Crippen molar-refractivity contribution in [1.29, 1.82) is 0 Å². The topological polar surface area (TPSA) is 108 Å². The highest BCUT2D eigenvalue weighted by Crippen LogP contribution is 2.21. The van der Waals surface area contributed by atoms with Crippen LogP contribution >= 0.6 is 0 Å². The summed E-state index contributed by atoms with van der Waals surface area (Å²) in [6.45, 7) is 6.86. The van der Waals surface area contributed by atoms with Gasteiger partial charge < -0.3 is 23.0 Å². The van der Waals surface area contributed by atoms with Gasteiger partial charge in [-0.2, -0.15) is 0 Å². The highest BCUT2D eigenvalue weighted by atomic mass is 16.5. The molecule has 3 heterocycles. The normalized spacial score (nSPS) is 11.0. The van der Waals surface area contributed by atoms with E-state index in [9.17, 15) is 4.79 Å². The van der Waals surface area contributed by atoms with Gasteiger partial charge in [0, 0.05) is 12.1 Å². The number of aryl methyl sites for hydroxylation is 2. The average Bonchev–Trinajstić information content (AvgIpc) is 3.55. The standard InChI is InChI=1S/C23H24N4O5/c1-4-11-27(13-21-24-25-22(31-21)20-6-5-12-29-20)23(28)17-7-9-18(10-8-17)30-14-19-15(2)26-32-16(19)3/h5-10,12H,4,11,13-14H2,1-3H3. The van der Waals surface area contributed by atoms with Crippen LogP contribution in [0.15, 0.2) is 56.0 Å². The van der Waals surface area contributed by atoms with Crippen LogP contribution in [-0.4, -0.2) is 32.7 Å². The second-order valence-electron chi connectivity index (χ2n) is 7.32. The number of hydrogen-bond acceptors (Lipinski definition) is 8. The van der Waals surface area contributed by atoms with Gasteiger partial charge in [0.15, 0.2) is 5.76 Å². The summed E-state index contributed by atoms with van der Waals surface area (Å²) >= 11 is 0. The van der Waals surface area contributed by atoms with Crippen molar-refractivity contribution in [1.82, 2.24) is 20.3 Å². The highest BCUT2D eigenvalue weighted by molar-refractivity contribution is 5.94. The lowest BCUT2D eigenvalue weighted by Gasteiger charge is -2.20. The minimum absolute atomic E-state index is 0.123. The summed E-state index contributed by atoms with van der Waals surface area (Å²) in [6, 6.07) is 10.5. The molecule has 0 spiro atoms. The number of aromatic nitrogens is 3. The quantitative estimate of drug-likeness (QED) is 0.376. The van der Waals surface area contributed by atoms with E-state index in [0.29, 0.717) is 36.1 Å². The molecular formula is C23H24N4O5. The van der Waals surface area contributed by atoms with Gasteiger partial charge in [-0.25, -0.2) is 0 Å². The van der Waals surface area contributed by atoms with Gasteiger partial charge in [-0.1, -0.05) is 12.1 Å². The molecule has 0 bridgehead atoms. The first-order chi connectivity index (χ1) is 15.5. The van der Waals surface area contributed by atoms with E-state index in [1.54, 1.807) is 41.3 Å². The minimum Gasteiger partial charge on any atom is -0.489 e. The fraction of sp³-hybridized carbons (Fsp3) is 0.304. The van der Waals surface area contributed by atoms with Gasteiger partial charge in [0.25, 0.3) is 11.8 Å². The van der Waals surface area contributed by atoms with E-state index in [2.05, 4.69) is 15.4 Å². The Balaban J connectivity index is 1.41. The molecule has 0 saturated heterocycles. The number of benzene rings is 1. The van der Waals surface area contributed by atoms with E-state index >= 15 is 0 Å². The first kappa shape index (κ1) is 21.4. The maximum atomic E-state index is 13.1. The Kier molecular flexibility index (Phi) is 6.34. The molecule has 9 nitrogen and oxygen atoms in total. The van der Waals surface area contributed by atoms with Crippen molar-refractivity contribution < 1.29 is 22.9 Å². The number of amides is 1. The van der Waals surface area contributed by atoms with Gasteiger partial charge in [0.2, 0.25) is 5.89 Å². The predicted octanol–water partition coefficient (Wildman–Crippen LogP) is 4.57. The van der Waals surface area contributed by atoms with Crippen molar-refractivity contribution in [3.05, 3.63) is 71.1 Å². The Bertz CT molecular complexity index is 1140. The summed E-state index contributed by atoms with van der Waals surface area (Å²) in [5, 5.41) is 12.0. The molecule has 0 N–H and O–H groups in total. The van der Waals surface area contributed by atoms with Gasteiger partial charge in [-0.3, -0.25) is 4.79 Å². The summed E-state index contributed by atoms with van der Waals surface area (Å²) in [5.74, 6) is 2.39. The molecule has 0 radical (unpaired) electrons. The molecule has 3 aromatic heterocycles. The Morgan fingerprint density at radius 1 is 1.12 bits per heavy atom. The Labute approximate surface area is 185 Å². The lowest BCUT2D eigenvalue weighted by atomic mass is 10.2. The number of carbonyl (C=O) groups excluding carboxylic acids is 1. The summed E-state index contributed by atoms with van der Waals surface area (Å²) in [4.78, 5) is 14.8. The van der Waals surface area contributed by atoms with Crippen molar-refractivity contribution in [2.75, 3.05) is 6.54 Å². The van der Waals surface area contributed by atoms with Crippen molar-refractivity contribution >= 4 is 5.91 Å². The van der Waals surface area contributed by atoms with Crippen LogP contribution in [0.1, 0.15) is 46.6 Å². The second kappa shape index (κ2) is 9.51. The van der Waals surface area contributed by atoms with Crippen LogP contribution in [0.25, 0.3) is 11.7 Å². The average molecular weight is 436 g/mol. The third kappa shape index (κ3) is 4.72. The molecule has 9 heteroatoms. The molecule has 0 aliphatic rings. The number of rotatable bonds is 9. The smallest absolute Gasteiger partial charge is 0.283 e. The molecule has 1 amide bonds. The fourth-order valence-electron chi connectivity index (χ4n) is 3.24. The second-order valence-corrected chi connectivity index (χ2v) is 7.32. The summed E-state index contributed by atoms with van der Waals surface area (Å²) in [5.41, 5.74) is 2.28. The number of ether oxygens (including phenoxy) is 1. The van der Waals surface area contributed by atoms with Gasteiger partial charge in [-0.05, 0) is 56.7 Å². The van der Waals surface area contributed by atoms with Crippen LogP contribution in [0, 0.1) is 13.8 Å². The third-order valence-corrected chi connectivity index (χ3v) is 4.97. The lowest BCUT2D eigenvalue weighted by molar-refractivity contribution is 0.0728. The van der Waals surface area contributed by atoms with Crippen LogP contribution in [0.5, 0.6) is 5.75 Å². The largest absolute Gasteiger partial charge is 0.489 e. The maximum absolute atomic E-state index is 13.1. The van der Waals surface area contributed by atoms with E-state index in [0.717, 1.165) is 23.4 Å². The highest BCUT2D eigenvalue weighted by Gasteiger charge is 2.20. The van der Waals surface area contributed by atoms with E-state index in [4.69, 9.17) is 18.1 Å². The monoisotopic (exact) mass is 436 g/mol. The predicted molar refractivity (Wildman–Crippen MR) is 114 cm³/mol. The molecule has 0 aliphatic heterocycles. The van der Waals surface area contributed by atoms with Gasteiger partial charge in [0.05, 0.1) is 24.1 Å². The number of nitrogens with zero attached hydrogens (tertiary/aromatic N) is 4. The van der Waals surface area contributed by atoms with Crippen molar-refractivity contribution in [2.45, 2.75) is 40.3 Å². The van der Waals surface area contributed by atoms with Crippen LogP contribution in [0.3, 0.4) is 0 Å². The summed E-state index contributed by atoms with van der Waals surface area (Å²) in [7, 11) is 0. The molecule has 1 aromatic carbocycles. The van der Waals surface area contributed by atoms with Crippen LogP contribution in [-0.2, 0) is 13.2 Å². The zero-order valence-electron chi connectivity index (χ0n) is 18.2. The van der Waals surface area contributed by atoms with Crippen LogP contribution in [0.2, 0.25) is 0 Å². The van der Waals surface area contributed by atoms with Crippen LogP contribution < -0.4 is 4.74 Å². The van der Waals surface area contributed by atoms with Crippen molar-refractivity contribution in [3.8, 4) is 17.4 Å². The molecular weight excluding hydrogens is 412 g/mol. The first-order valence-corrected chi connectivity index (χ1v) is 10.3. The zero-order chi connectivity index (χ0) is 22.5. The molecule has 166 valence electrons. The third-order valence-electron chi connectivity index (χ3n) is 4.97. The van der Waals surface area contributed by atoms with Crippen molar-refractivity contribution in [3.63, 3.8) is 0 Å². The molecule has 0 atom stereocenters.